The quantitative estimate of drug-likeness (QED) is 0.818. The lowest BCUT2D eigenvalue weighted by atomic mass is 9.97. The van der Waals surface area contributed by atoms with Gasteiger partial charge in [-0.25, -0.2) is 4.39 Å². The van der Waals surface area contributed by atoms with E-state index in [9.17, 15) is 9.18 Å². The van der Waals surface area contributed by atoms with Crippen LogP contribution < -0.4 is 0 Å². The average molecular weight is 338 g/mol. The highest BCUT2D eigenvalue weighted by atomic mass is 19.1. The van der Waals surface area contributed by atoms with Gasteiger partial charge in [0.15, 0.2) is 0 Å². The van der Waals surface area contributed by atoms with E-state index in [1.807, 2.05) is 24.0 Å². The van der Waals surface area contributed by atoms with Crippen molar-refractivity contribution in [1.29, 1.82) is 0 Å². The van der Waals surface area contributed by atoms with Crippen LogP contribution in [0.3, 0.4) is 0 Å². The third kappa shape index (κ3) is 2.94. The fourth-order valence-corrected chi connectivity index (χ4v) is 4.58. The number of aromatic nitrogens is 1. The van der Waals surface area contributed by atoms with E-state index in [0.717, 1.165) is 11.1 Å². The van der Waals surface area contributed by atoms with Crippen molar-refractivity contribution in [1.82, 2.24) is 9.88 Å². The Bertz CT molecular complexity index is 736. The lowest BCUT2D eigenvalue weighted by Gasteiger charge is -2.32. The van der Waals surface area contributed by atoms with Gasteiger partial charge in [-0.05, 0) is 60.9 Å². The summed E-state index contributed by atoms with van der Waals surface area (Å²) in [7, 11) is 0. The fraction of sp³-hybridized carbons (Fsp3) is 0.429. The first-order valence-corrected chi connectivity index (χ1v) is 9.16. The Hall–Kier alpha value is -2.23. The van der Waals surface area contributed by atoms with Crippen LogP contribution in [0.15, 0.2) is 48.8 Å². The molecular formula is C21H23FN2O. The molecule has 130 valence electrons. The number of amides is 1. The van der Waals surface area contributed by atoms with Gasteiger partial charge in [0.1, 0.15) is 5.82 Å². The van der Waals surface area contributed by atoms with Gasteiger partial charge in [0.25, 0.3) is 0 Å². The first-order chi connectivity index (χ1) is 12.2. The van der Waals surface area contributed by atoms with Crippen molar-refractivity contribution in [2.45, 2.75) is 32.2 Å². The normalized spacial score (nSPS) is 25.3. The lowest BCUT2D eigenvalue weighted by Crippen LogP contribution is -2.37. The number of carbonyl (C=O) groups excluding carboxylic acids is 1. The molecule has 2 aliphatic rings. The van der Waals surface area contributed by atoms with E-state index < -0.39 is 0 Å². The van der Waals surface area contributed by atoms with Crippen LogP contribution in [-0.4, -0.2) is 22.3 Å². The molecule has 2 aromatic rings. The highest BCUT2D eigenvalue weighted by Crippen LogP contribution is 2.58. The zero-order valence-electron chi connectivity index (χ0n) is 14.4. The Labute approximate surface area is 147 Å². The lowest BCUT2D eigenvalue weighted by molar-refractivity contribution is -0.135. The summed E-state index contributed by atoms with van der Waals surface area (Å²) in [4.78, 5) is 19.4. The second-order valence-corrected chi connectivity index (χ2v) is 7.15. The number of benzene rings is 1. The summed E-state index contributed by atoms with van der Waals surface area (Å²) in [5, 5.41) is 0. The Morgan fingerprint density at radius 2 is 1.92 bits per heavy atom. The molecule has 1 amide bonds. The smallest absolute Gasteiger partial charge is 0.227 e. The highest BCUT2D eigenvalue weighted by Gasteiger charge is 2.57. The van der Waals surface area contributed by atoms with Crippen molar-refractivity contribution in [3.8, 4) is 0 Å². The molecule has 3 atom stereocenters. The Kier molecular flexibility index (Phi) is 4.28. The van der Waals surface area contributed by atoms with E-state index in [2.05, 4.69) is 4.98 Å². The van der Waals surface area contributed by atoms with Crippen LogP contribution in [0.5, 0.6) is 0 Å². The van der Waals surface area contributed by atoms with Crippen LogP contribution in [0.25, 0.3) is 0 Å². The van der Waals surface area contributed by atoms with Gasteiger partial charge in [-0.15, -0.1) is 0 Å². The third-order valence-electron chi connectivity index (χ3n) is 5.81. The Morgan fingerprint density at radius 3 is 2.52 bits per heavy atom. The number of rotatable bonds is 5. The van der Waals surface area contributed by atoms with Crippen LogP contribution in [0, 0.1) is 23.6 Å². The summed E-state index contributed by atoms with van der Waals surface area (Å²) in [6.45, 7) is 2.65. The van der Waals surface area contributed by atoms with Crippen molar-refractivity contribution in [3.63, 3.8) is 0 Å². The Balaban J connectivity index is 1.68. The van der Waals surface area contributed by atoms with Gasteiger partial charge in [-0.3, -0.25) is 9.78 Å². The standard InChI is InChI=1S/C21H23FN2O/c1-2-24(21(25)19-17-6-3-7-18(17)19)20(15-5-4-12-23-13-15)14-8-10-16(22)11-9-14/h4-5,8-13,17-20H,2-3,6-7H2,1H3. The minimum Gasteiger partial charge on any atom is -0.332 e. The molecule has 0 saturated heterocycles. The summed E-state index contributed by atoms with van der Waals surface area (Å²) in [5.74, 6) is 1.34. The van der Waals surface area contributed by atoms with Gasteiger partial charge in [-0.2, -0.15) is 0 Å². The molecule has 4 rings (SSSR count). The van der Waals surface area contributed by atoms with Gasteiger partial charge >= 0.3 is 0 Å². The number of hydrogen-bond donors (Lipinski definition) is 0. The van der Waals surface area contributed by atoms with Gasteiger partial charge < -0.3 is 4.90 Å². The zero-order valence-corrected chi connectivity index (χ0v) is 14.4. The number of fused-ring (bicyclic) bond motifs is 1. The maximum atomic E-state index is 13.4. The van der Waals surface area contributed by atoms with Crippen LogP contribution in [-0.2, 0) is 4.79 Å². The summed E-state index contributed by atoms with van der Waals surface area (Å²) in [5.41, 5.74) is 1.89. The molecule has 0 N–H and O–H groups in total. The zero-order chi connectivity index (χ0) is 17.4. The molecule has 0 aliphatic heterocycles. The van der Waals surface area contributed by atoms with Gasteiger partial charge in [-0.1, -0.05) is 24.6 Å². The highest BCUT2D eigenvalue weighted by molar-refractivity contribution is 5.83. The second-order valence-electron chi connectivity index (χ2n) is 7.15. The predicted molar refractivity (Wildman–Crippen MR) is 94.2 cm³/mol. The van der Waals surface area contributed by atoms with E-state index in [4.69, 9.17) is 0 Å². The van der Waals surface area contributed by atoms with Crippen molar-refractivity contribution in [2.75, 3.05) is 6.54 Å². The molecule has 2 aliphatic carbocycles. The topological polar surface area (TPSA) is 33.2 Å². The molecular weight excluding hydrogens is 315 g/mol. The molecule has 0 radical (unpaired) electrons. The number of halogens is 1. The molecule has 1 aromatic carbocycles. The first kappa shape index (κ1) is 16.2. The van der Waals surface area contributed by atoms with Crippen molar-refractivity contribution >= 4 is 5.91 Å². The van der Waals surface area contributed by atoms with Gasteiger partial charge in [0.2, 0.25) is 5.91 Å². The molecule has 4 heteroatoms. The third-order valence-corrected chi connectivity index (χ3v) is 5.81. The van der Waals surface area contributed by atoms with Crippen LogP contribution >= 0.6 is 0 Å². The fourth-order valence-electron chi connectivity index (χ4n) is 4.58. The van der Waals surface area contributed by atoms with E-state index in [0.29, 0.717) is 18.4 Å². The van der Waals surface area contributed by atoms with Crippen molar-refractivity contribution in [3.05, 3.63) is 65.7 Å². The maximum Gasteiger partial charge on any atom is 0.227 e. The molecule has 2 fully saturated rings. The van der Waals surface area contributed by atoms with Crippen molar-refractivity contribution < 1.29 is 9.18 Å². The molecule has 2 saturated carbocycles. The number of hydrogen-bond acceptors (Lipinski definition) is 2. The van der Waals surface area contributed by atoms with E-state index >= 15 is 0 Å². The minimum atomic E-state index is -0.264. The monoisotopic (exact) mass is 338 g/mol. The predicted octanol–water partition coefficient (Wildman–Crippen LogP) is 4.20. The van der Waals surface area contributed by atoms with E-state index in [1.165, 1.54) is 31.4 Å². The van der Waals surface area contributed by atoms with E-state index in [1.54, 1.807) is 24.5 Å². The maximum absolute atomic E-state index is 13.4. The van der Waals surface area contributed by atoms with E-state index in [-0.39, 0.29) is 23.7 Å². The number of carbonyl (C=O) groups is 1. The van der Waals surface area contributed by atoms with Crippen LogP contribution in [0.1, 0.15) is 43.4 Å². The molecule has 1 aromatic heterocycles. The van der Waals surface area contributed by atoms with Crippen molar-refractivity contribution in [2.24, 2.45) is 17.8 Å². The molecule has 0 spiro atoms. The van der Waals surface area contributed by atoms with Gasteiger partial charge in [0.05, 0.1) is 6.04 Å². The average Bonchev–Trinajstić information content (AvgIpc) is 3.12. The summed E-state index contributed by atoms with van der Waals surface area (Å²) in [6, 6.07) is 10.1. The first-order valence-electron chi connectivity index (χ1n) is 9.16. The molecule has 3 nitrogen and oxygen atoms in total. The number of pyridine rings is 1. The largest absolute Gasteiger partial charge is 0.332 e. The SMILES string of the molecule is CCN(C(=O)C1C2CCCC21)C(c1ccc(F)cc1)c1cccnc1. The summed E-state index contributed by atoms with van der Waals surface area (Å²) < 4.78 is 13.4. The summed E-state index contributed by atoms with van der Waals surface area (Å²) >= 11 is 0. The van der Waals surface area contributed by atoms with Crippen LogP contribution in [0.4, 0.5) is 4.39 Å². The Morgan fingerprint density at radius 1 is 1.20 bits per heavy atom. The number of nitrogens with zero attached hydrogens (tertiary/aromatic N) is 2. The summed E-state index contributed by atoms with van der Waals surface area (Å²) in [6.07, 6.45) is 7.17. The minimum absolute atomic E-state index is 0.188. The molecule has 0 bridgehead atoms. The molecule has 1 heterocycles. The molecule has 3 unspecified atom stereocenters. The molecule has 25 heavy (non-hydrogen) atoms. The second kappa shape index (κ2) is 6.58. The van der Waals surface area contributed by atoms with Gasteiger partial charge in [0, 0.05) is 24.9 Å². The van der Waals surface area contributed by atoms with Crippen LogP contribution in [0.2, 0.25) is 0 Å².